The van der Waals surface area contributed by atoms with Gasteiger partial charge < -0.3 is 15.8 Å². The molecule has 0 saturated carbocycles. The number of nitrogens with two attached hydrogens (primary N) is 1. The van der Waals surface area contributed by atoms with E-state index in [1.165, 1.54) is 0 Å². The van der Waals surface area contributed by atoms with Crippen molar-refractivity contribution in [1.82, 2.24) is 4.98 Å². The molecule has 74 valence electrons. The fourth-order valence-corrected chi connectivity index (χ4v) is 1.64. The molecule has 4 N–H and O–H groups in total. The molecule has 0 fully saturated rings. The van der Waals surface area contributed by atoms with Crippen LogP contribution in [0.15, 0.2) is 30.5 Å². The molecule has 3 heteroatoms. The normalized spacial score (nSPS) is 15.6. The highest BCUT2D eigenvalue weighted by Gasteiger charge is 2.23. The van der Waals surface area contributed by atoms with Gasteiger partial charge in [-0.05, 0) is 18.4 Å². The average molecular weight is 190 g/mol. The summed E-state index contributed by atoms with van der Waals surface area (Å²) in [5, 5.41) is 11.2. The van der Waals surface area contributed by atoms with Gasteiger partial charge in [-0.25, -0.2) is 0 Å². The van der Waals surface area contributed by atoms with Crippen molar-refractivity contribution in [2.24, 2.45) is 5.73 Å². The first-order chi connectivity index (χ1) is 6.65. The van der Waals surface area contributed by atoms with E-state index in [-0.39, 0.29) is 6.54 Å². The quantitative estimate of drug-likeness (QED) is 0.669. The van der Waals surface area contributed by atoms with Crippen molar-refractivity contribution in [3.05, 3.63) is 36.0 Å². The van der Waals surface area contributed by atoms with Crippen molar-refractivity contribution in [2.45, 2.75) is 12.5 Å². The molecular formula is C11H14N2O. The number of hydrogen-bond donors (Lipinski definition) is 3. The van der Waals surface area contributed by atoms with Crippen LogP contribution in [-0.4, -0.2) is 16.6 Å². The molecule has 1 unspecified atom stereocenters. The van der Waals surface area contributed by atoms with Crippen LogP contribution in [0.3, 0.4) is 0 Å². The Balaban J connectivity index is 2.67. The van der Waals surface area contributed by atoms with Crippen LogP contribution in [0.1, 0.15) is 12.5 Å². The predicted octanol–water partition coefficient (Wildman–Crippen LogP) is 1.33. The lowest BCUT2D eigenvalue weighted by atomic mass is 9.94. The number of H-pyrrole nitrogens is 1. The standard InChI is InChI=1S/C11H14N2O/c1-11(14,7-12)9-4-2-3-8-5-6-13-10(8)9/h2-6,13-14H,7,12H2,1H3. The van der Waals surface area contributed by atoms with Gasteiger partial charge in [0.2, 0.25) is 0 Å². The zero-order valence-corrected chi connectivity index (χ0v) is 8.12. The third-order valence-corrected chi connectivity index (χ3v) is 2.56. The lowest BCUT2D eigenvalue weighted by Gasteiger charge is -2.22. The molecule has 1 aromatic carbocycles. The SMILES string of the molecule is CC(O)(CN)c1cccc2cc[nH]c12. The summed E-state index contributed by atoms with van der Waals surface area (Å²) >= 11 is 0. The van der Waals surface area contributed by atoms with Gasteiger partial charge in [-0.3, -0.25) is 0 Å². The summed E-state index contributed by atoms with van der Waals surface area (Å²) in [6.07, 6.45) is 1.86. The van der Waals surface area contributed by atoms with Crippen LogP contribution >= 0.6 is 0 Å². The Bertz CT molecular complexity index is 445. The van der Waals surface area contributed by atoms with Gasteiger partial charge in [0.1, 0.15) is 5.60 Å². The lowest BCUT2D eigenvalue weighted by molar-refractivity contribution is 0.0682. The highest BCUT2D eigenvalue weighted by Crippen LogP contribution is 2.26. The molecule has 2 rings (SSSR count). The van der Waals surface area contributed by atoms with Crippen molar-refractivity contribution in [1.29, 1.82) is 0 Å². The van der Waals surface area contributed by atoms with Crippen molar-refractivity contribution < 1.29 is 5.11 Å². The fraction of sp³-hybridized carbons (Fsp3) is 0.273. The maximum atomic E-state index is 10.1. The second-order valence-electron chi connectivity index (χ2n) is 3.73. The Morgan fingerprint density at radius 1 is 1.43 bits per heavy atom. The summed E-state index contributed by atoms with van der Waals surface area (Å²) in [5.74, 6) is 0. The van der Waals surface area contributed by atoms with E-state index in [1.807, 2.05) is 30.5 Å². The van der Waals surface area contributed by atoms with Crippen LogP contribution in [-0.2, 0) is 5.60 Å². The van der Waals surface area contributed by atoms with E-state index in [0.717, 1.165) is 16.5 Å². The fourth-order valence-electron chi connectivity index (χ4n) is 1.64. The number of rotatable bonds is 2. The van der Waals surface area contributed by atoms with Crippen LogP contribution in [0, 0.1) is 0 Å². The number of nitrogens with one attached hydrogen (secondary N) is 1. The zero-order chi connectivity index (χ0) is 10.2. The molecule has 1 aromatic heterocycles. The van der Waals surface area contributed by atoms with Crippen molar-refractivity contribution in [3.63, 3.8) is 0 Å². The molecule has 0 aliphatic heterocycles. The van der Waals surface area contributed by atoms with Gasteiger partial charge in [-0.1, -0.05) is 18.2 Å². The summed E-state index contributed by atoms with van der Waals surface area (Å²) < 4.78 is 0. The molecule has 1 heterocycles. The summed E-state index contributed by atoms with van der Waals surface area (Å²) in [6.45, 7) is 1.94. The number of fused-ring (bicyclic) bond motifs is 1. The van der Waals surface area contributed by atoms with Crippen molar-refractivity contribution in [2.75, 3.05) is 6.54 Å². The minimum absolute atomic E-state index is 0.213. The second-order valence-corrected chi connectivity index (χ2v) is 3.73. The predicted molar refractivity (Wildman–Crippen MR) is 56.9 cm³/mol. The summed E-state index contributed by atoms with van der Waals surface area (Å²) in [4.78, 5) is 3.11. The Hall–Kier alpha value is -1.32. The molecule has 0 bridgehead atoms. The third-order valence-electron chi connectivity index (χ3n) is 2.56. The van der Waals surface area contributed by atoms with E-state index >= 15 is 0 Å². The topological polar surface area (TPSA) is 62.0 Å². The monoisotopic (exact) mass is 190 g/mol. The minimum Gasteiger partial charge on any atom is -0.384 e. The van der Waals surface area contributed by atoms with Crippen molar-refractivity contribution in [3.8, 4) is 0 Å². The molecule has 0 amide bonds. The van der Waals surface area contributed by atoms with Crippen LogP contribution < -0.4 is 5.73 Å². The molecule has 0 saturated heterocycles. The van der Waals surface area contributed by atoms with E-state index < -0.39 is 5.60 Å². The molecule has 0 aliphatic carbocycles. The summed E-state index contributed by atoms with van der Waals surface area (Å²) in [6, 6.07) is 7.80. The smallest absolute Gasteiger partial charge is 0.101 e. The Morgan fingerprint density at radius 3 is 2.93 bits per heavy atom. The van der Waals surface area contributed by atoms with E-state index in [4.69, 9.17) is 5.73 Å². The van der Waals surface area contributed by atoms with E-state index in [1.54, 1.807) is 6.92 Å². The summed E-state index contributed by atoms with van der Waals surface area (Å²) in [5.41, 5.74) is 6.38. The van der Waals surface area contributed by atoms with E-state index in [2.05, 4.69) is 4.98 Å². The first kappa shape index (κ1) is 9.24. The highest BCUT2D eigenvalue weighted by molar-refractivity contribution is 5.83. The lowest BCUT2D eigenvalue weighted by Crippen LogP contribution is -2.31. The number of para-hydroxylation sites is 1. The van der Waals surface area contributed by atoms with Crippen LogP contribution in [0.25, 0.3) is 10.9 Å². The van der Waals surface area contributed by atoms with Gasteiger partial charge in [0, 0.05) is 18.3 Å². The molecule has 0 spiro atoms. The third kappa shape index (κ3) is 1.31. The van der Waals surface area contributed by atoms with Gasteiger partial charge >= 0.3 is 0 Å². The molecule has 14 heavy (non-hydrogen) atoms. The maximum Gasteiger partial charge on any atom is 0.101 e. The van der Waals surface area contributed by atoms with Crippen LogP contribution in [0.4, 0.5) is 0 Å². The second kappa shape index (κ2) is 3.12. The van der Waals surface area contributed by atoms with Crippen LogP contribution in [0.5, 0.6) is 0 Å². The number of benzene rings is 1. The van der Waals surface area contributed by atoms with E-state index in [0.29, 0.717) is 0 Å². The Labute approximate surface area is 82.6 Å². The number of aliphatic hydroxyl groups is 1. The van der Waals surface area contributed by atoms with Crippen LogP contribution in [0.2, 0.25) is 0 Å². The Kier molecular flexibility index (Phi) is 2.06. The first-order valence-corrected chi connectivity index (χ1v) is 4.64. The van der Waals surface area contributed by atoms with Gasteiger partial charge in [-0.2, -0.15) is 0 Å². The summed E-state index contributed by atoms with van der Waals surface area (Å²) in [7, 11) is 0. The molecule has 2 aromatic rings. The number of aromatic nitrogens is 1. The first-order valence-electron chi connectivity index (χ1n) is 4.64. The molecular weight excluding hydrogens is 176 g/mol. The maximum absolute atomic E-state index is 10.1. The molecule has 3 nitrogen and oxygen atoms in total. The van der Waals surface area contributed by atoms with E-state index in [9.17, 15) is 5.11 Å². The van der Waals surface area contributed by atoms with Crippen molar-refractivity contribution >= 4 is 10.9 Å². The molecule has 0 aliphatic rings. The Morgan fingerprint density at radius 2 is 2.21 bits per heavy atom. The average Bonchev–Trinajstić information content (AvgIpc) is 2.64. The van der Waals surface area contributed by atoms with Gasteiger partial charge in [0.25, 0.3) is 0 Å². The largest absolute Gasteiger partial charge is 0.384 e. The highest BCUT2D eigenvalue weighted by atomic mass is 16.3. The van der Waals surface area contributed by atoms with Gasteiger partial charge in [-0.15, -0.1) is 0 Å². The number of aromatic amines is 1. The zero-order valence-electron chi connectivity index (χ0n) is 8.12. The van der Waals surface area contributed by atoms with Gasteiger partial charge in [0.15, 0.2) is 0 Å². The molecule has 0 radical (unpaired) electrons. The van der Waals surface area contributed by atoms with Gasteiger partial charge in [0.05, 0.1) is 5.52 Å². The number of hydrogen-bond acceptors (Lipinski definition) is 2. The molecule has 1 atom stereocenters. The minimum atomic E-state index is -0.968.